The van der Waals surface area contributed by atoms with E-state index in [-0.39, 0.29) is 5.91 Å². The smallest absolute Gasteiger partial charge is 0.255 e. The monoisotopic (exact) mass is 421 g/mol. The highest BCUT2D eigenvalue weighted by Crippen LogP contribution is 2.20. The number of rotatable bonds is 3. The van der Waals surface area contributed by atoms with E-state index in [0.717, 1.165) is 35.4 Å². The molecule has 2 aromatic carbocycles. The fraction of sp³-hybridized carbons (Fsp3) is 0.278. The Kier molecular flexibility index (Phi) is 5.17. The molecule has 23 heavy (non-hydrogen) atoms. The molecule has 4 nitrogen and oxygen atoms in total. The van der Waals surface area contributed by atoms with Gasteiger partial charge in [-0.15, -0.1) is 0 Å². The van der Waals surface area contributed by atoms with Gasteiger partial charge in [0.2, 0.25) is 0 Å². The Morgan fingerprint density at radius 2 is 1.57 bits per heavy atom. The summed E-state index contributed by atoms with van der Waals surface area (Å²) < 4.78 is 1.12. The first-order chi connectivity index (χ1) is 11.1. The lowest BCUT2D eigenvalue weighted by atomic mass is 10.2. The van der Waals surface area contributed by atoms with Crippen molar-refractivity contribution in [3.8, 4) is 0 Å². The van der Waals surface area contributed by atoms with Crippen molar-refractivity contribution in [2.75, 3.05) is 43.4 Å². The molecule has 1 N–H and O–H groups in total. The molecule has 5 heteroatoms. The van der Waals surface area contributed by atoms with Gasteiger partial charge in [-0.05, 0) is 78.2 Å². The normalized spacial score (nSPS) is 15.5. The van der Waals surface area contributed by atoms with Gasteiger partial charge in [0, 0.05) is 46.7 Å². The molecule has 3 rings (SSSR count). The fourth-order valence-electron chi connectivity index (χ4n) is 2.62. The molecule has 0 unspecified atom stereocenters. The predicted octanol–water partition coefficient (Wildman–Crippen LogP) is 3.30. The lowest BCUT2D eigenvalue weighted by molar-refractivity contribution is 0.102. The minimum atomic E-state index is -0.0752. The Hall–Kier alpha value is -1.60. The Morgan fingerprint density at radius 1 is 0.957 bits per heavy atom. The topological polar surface area (TPSA) is 35.6 Å². The summed E-state index contributed by atoms with van der Waals surface area (Å²) in [6.07, 6.45) is 0. The van der Waals surface area contributed by atoms with Gasteiger partial charge in [0.25, 0.3) is 5.91 Å². The molecule has 1 aliphatic heterocycles. The fourth-order valence-corrected chi connectivity index (χ4v) is 2.98. The van der Waals surface area contributed by atoms with Crippen molar-refractivity contribution in [2.24, 2.45) is 0 Å². The van der Waals surface area contributed by atoms with Gasteiger partial charge < -0.3 is 15.1 Å². The summed E-state index contributed by atoms with van der Waals surface area (Å²) in [6.45, 7) is 4.27. The van der Waals surface area contributed by atoms with Crippen LogP contribution in [0.15, 0.2) is 48.5 Å². The number of carbonyl (C=O) groups is 1. The van der Waals surface area contributed by atoms with E-state index >= 15 is 0 Å². The molecule has 1 amide bonds. The van der Waals surface area contributed by atoms with E-state index in [2.05, 4.69) is 56.9 Å². The zero-order chi connectivity index (χ0) is 16.2. The van der Waals surface area contributed by atoms with Crippen LogP contribution < -0.4 is 10.2 Å². The first-order valence-electron chi connectivity index (χ1n) is 7.72. The van der Waals surface area contributed by atoms with Gasteiger partial charge in [0.05, 0.1) is 0 Å². The zero-order valence-corrected chi connectivity index (χ0v) is 15.3. The van der Waals surface area contributed by atoms with Crippen LogP contribution >= 0.6 is 22.6 Å². The highest BCUT2D eigenvalue weighted by atomic mass is 127. The van der Waals surface area contributed by atoms with Crippen molar-refractivity contribution < 1.29 is 4.79 Å². The number of halogens is 1. The number of amides is 1. The third kappa shape index (κ3) is 4.23. The van der Waals surface area contributed by atoms with Crippen molar-refractivity contribution in [1.82, 2.24) is 4.90 Å². The van der Waals surface area contributed by atoms with Crippen LogP contribution in [-0.2, 0) is 0 Å². The van der Waals surface area contributed by atoms with Gasteiger partial charge in [0.1, 0.15) is 0 Å². The zero-order valence-electron chi connectivity index (χ0n) is 13.1. The van der Waals surface area contributed by atoms with E-state index in [1.807, 2.05) is 36.4 Å². The van der Waals surface area contributed by atoms with Crippen LogP contribution in [0.5, 0.6) is 0 Å². The number of benzene rings is 2. The Labute approximate surface area is 150 Å². The number of hydrogen-bond donors (Lipinski definition) is 1. The average molecular weight is 421 g/mol. The molecule has 0 saturated carbocycles. The average Bonchev–Trinajstić information content (AvgIpc) is 2.57. The van der Waals surface area contributed by atoms with Gasteiger partial charge in [0.15, 0.2) is 0 Å². The van der Waals surface area contributed by atoms with Crippen molar-refractivity contribution in [3.05, 3.63) is 57.7 Å². The highest BCUT2D eigenvalue weighted by molar-refractivity contribution is 14.1. The lowest BCUT2D eigenvalue weighted by Crippen LogP contribution is -2.44. The van der Waals surface area contributed by atoms with E-state index in [0.29, 0.717) is 5.56 Å². The third-order valence-corrected chi connectivity index (χ3v) is 4.82. The molecule has 0 aliphatic carbocycles. The number of nitrogens with one attached hydrogen (secondary N) is 1. The molecule has 1 saturated heterocycles. The summed E-state index contributed by atoms with van der Waals surface area (Å²) in [7, 11) is 2.15. The summed E-state index contributed by atoms with van der Waals surface area (Å²) in [5.41, 5.74) is 2.71. The second-order valence-corrected chi connectivity index (χ2v) is 7.04. The number of carbonyl (C=O) groups excluding carboxylic acids is 1. The summed E-state index contributed by atoms with van der Waals surface area (Å²) in [6, 6.07) is 15.7. The number of anilines is 2. The van der Waals surface area contributed by atoms with E-state index < -0.39 is 0 Å². The summed E-state index contributed by atoms with van der Waals surface area (Å²) in [5.74, 6) is -0.0752. The van der Waals surface area contributed by atoms with E-state index in [9.17, 15) is 4.79 Å². The van der Waals surface area contributed by atoms with Gasteiger partial charge in [-0.1, -0.05) is 0 Å². The Morgan fingerprint density at radius 3 is 2.17 bits per heavy atom. The second kappa shape index (κ2) is 7.31. The van der Waals surface area contributed by atoms with Crippen molar-refractivity contribution >= 4 is 39.9 Å². The van der Waals surface area contributed by atoms with Crippen molar-refractivity contribution in [3.63, 3.8) is 0 Å². The van der Waals surface area contributed by atoms with Crippen LogP contribution in [0.25, 0.3) is 0 Å². The minimum Gasteiger partial charge on any atom is -0.369 e. The number of nitrogens with zero attached hydrogens (tertiary/aromatic N) is 2. The molecule has 0 radical (unpaired) electrons. The van der Waals surface area contributed by atoms with Crippen LogP contribution in [0.2, 0.25) is 0 Å². The molecule has 0 spiro atoms. The van der Waals surface area contributed by atoms with Crippen LogP contribution in [0.1, 0.15) is 10.4 Å². The molecule has 0 atom stereocenters. The van der Waals surface area contributed by atoms with Gasteiger partial charge in [-0.25, -0.2) is 0 Å². The molecular formula is C18H20IN3O. The Bertz CT molecular complexity index is 662. The van der Waals surface area contributed by atoms with Gasteiger partial charge in [-0.2, -0.15) is 0 Å². The number of likely N-dealkylation sites (N-methyl/N-ethyl adjacent to an activating group) is 1. The maximum atomic E-state index is 12.2. The molecule has 2 aromatic rings. The Balaban J connectivity index is 1.63. The molecule has 1 aliphatic rings. The van der Waals surface area contributed by atoms with Crippen LogP contribution in [0.4, 0.5) is 11.4 Å². The standard InChI is InChI=1S/C18H20IN3O/c1-21-10-12-22(13-11-21)17-8-6-16(7-9-17)20-18(23)14-2-4-15(19)5-3-14/h2-9H,10-13H2,1H3,(H,20,23). The minimum absolute atomic E-state index is 0.0752. The molecule has 0 bridgehead atoms. The predicted molar refractivity (Wildman–Crippen MR) is 103 cm³/mol. The van der Waals surface area contributed by atoms with E-state index in [1.165, 1.54) is 5.69 Å². The van der Waals surface area contributed by atoms with Gasteiger partial charge in [-0.3, -0.25) is 4.79 Å². The van der Waals surface area contributed by atoms with Crippen LogP contribution in [0, 0.1) is 3.57 Å². The molecular weight excluding hydrogens is 401 g/mol. The lowest BCUT2D eigenvalue weighted by Gasteiger charge is -2.34. The first kappa shape index (κ1) is 16.3. The first-order valence-corrected chi connectivity index (χ1v) is 8.80. The molecule has 120 valence electrons. The summed E-state index contributed by atoms with van der Waals surface area (Å²) in [5, 5.41) is 2.95. The van der Waals surface area contributed by atoms with E-state index in [1.54, 1.807) is 0 Å². The molecule has 0 aromatic heterocycles. The quantitative estimate of drug-likeness (QED) is 0.773. The molecule has 1 heterocycles. The van der Waals surface area contributed by atoms with Crippen LogP contribution in [0.3, 0.4) is 0 Å². The summed E-state index contributed by atoms with van der Waals surface area (Å²) in [4.78, 5) is 16.9. The second-order valence-electron chi connectivity index (χ2n) is 5.80. The largest absolute Gasteiger partial charge is 0.369 e. The summed E-state index contributed by atoms with van der Waals surface area (Å²) >= 11 is 2.23. The van der Waals surface area contributed by atoms with Gasteiger partial charge >= 0.3 is 0 Å². The number of piperazine rings is 1. The number of hydrogen-bond acceptors (Lipinski definition) is 3. The highest BCUT2D eigenvalue weighted by Gasteiger charge is 2.14. The molecule has 1 fully saturated rings. The van der Waals surface area contributed by atoms with Crippen LogP contribution in [-0.4, -0.2) is 44.0 Å². The van der Waals surface area contributed by atoms with Crippen molar-refractivity contribution in [2.45, 2.75) is 0 Å². The SMILES string of the molecule is CN1CCN(c2ccc(NC(=O)c3ccc(I)cc3)cc2)CC1. The van der Waals surface area contributed by atoms with Crippen molar-refractivity contribution in [1.29, 1.82) is 0 Å². The maximum absolute atomic E-state index is 12.2. The third-order valence-electron chi connectivity index (χ3n) is 4.10. The maximum Gasteiger partial charge on any atom is 0.255 e. The van der Waals surface area contributed by atoms with E-state index in [4.69, 9.17) is 0 Å².